The van der Waals surface area contributed by atoms with E-state index in [-0.39, 0.29) is 0 Å². The predicted molar refractivity (Wildman–Crippen MR) is 256 cm³/mol. The molecule has 0 radical (unpaired) electrons. The lowest BCUT2D eigenvalue weighted by Crippen LogP contribution is -1.89. The summed E-state index contributed by atoms with van der Waals surface area (Å²) in [5, 5.41) is 14.3. The van der Waals surface area contributed by atoms with Crippen molar-refractivity contribution in [2.24, 2.45) is 0 Å². The van der Waals surface area contributed by atoms with Crippen molar-refractivity contribution < 1.29 is 4.42 Å². The molecule has 2 aromatic heterocycles. The molecule has 0 amide bonds. The van der Waals surface area contributed by atoms with Crippen molar-refractivity contribution >= 4 is 86.8 Å². The minimum absolute atomic E-state index is 0.920. The van der Waals surface area contributed by atoms with E-state index in [1.54, 1.807) is 12.4 Å². The Kier molecular flexibility index (Phi) is 7.31. The van der Waals surface area contributed by atoms with E-state index in [2.05, 4.69) is 182 Å². The fraction of sp³-hybridized carbons (Fsp3) is 0. The van der Waals surface area contributed by atoms with Crippen LogP contribution >= 0.6 is 0 Å². The fourth-order valence-electron chi connectivity index (χ4n) is 9.59. The molecule has 3 nitrogen and oxygen atoms in total. The van der Waals surface area contributed by atoms with E-state index >= 15 is 0 Å². The molecule has 13 rings (SSSR count). The van der Waals surface area contributed by atoms with Gasteiger partial charge in [-0.3, -0.25) is 9.97 Å². The van der Waals surface area contributed by atoms with Crippen molar-refractivity contribution in [3.05, 3.63) is 207 Å². The molecule has 0 saturated carbocycles. The van der Waals surface area contributed by atoms with Crippen LogP contribution in [0.25, 0.3) is 131 Å². The average Bonchev–Trinajstić information content (AvgIpc) is 3.72. The summed E-state index contributed by atoms with van der Waals surface area (Å²) in [6.07, 6.45) is 3.56. The molecule has 3 heteroatoms. The van der Waals surface area contributed by atoms with Crippen molar-refractivity contribution in [1.82, 2.24) is 9.97 Å². The Hall–Kier alpha value is -8.14. The molecule has 0 unspecified atom stereocenters. The van der Waals surface area contributed by atoms with Crippen molar-refractivity contribution in [1.29, 1.82) is 0 Å². The summed E-state index contributed by atoms with van der Waals surface area (Å²) < 4.78 is 6.35. The summed E-state index contributed by atoms with van der Waals surface area (Å²) in [6.45, 7) is 0. The lowest BCUT2D eigenvalue weighted by molar-refractivity contribution is 0.670. The average molecular weight is 775 g/mol. The van der Waals surface area contributed by atoms with Gasteiger partial charge in [-0.25, -0.2) is 0 Å². The topological polar surface area (TPSA) is 38.9 Å². The zero-order chi connectivity index (χ0) is 40.0. The van der Waals surface area contributed by atoms with Crippen LogP contribution in [0.4, 0.5) is 0 Å². The molecular weight excluding hydrogens is 741 g/mol. The molecule has 0 N–H and O–H groups in total. The molecule has 2 heterocycles. The number of fused-ring (bicyclic) bond motifs is 12. The second-order valence-electron chi connectivity index (χ2n) is 16.2. The Morgan fingerprint density at radius 3 is 1.25 bits per heavy atom. The van der Waals surface area contributed by atoms with Gasteiger partial charge in [-0.05, 0) is 131 Å². The second-order valence-corrected chi connectivity index (χ2v) is 16.2. The van der Waals surface area contributed by atoms with E-state index in [1.165, 1.54) is 76.5 Å². The van der Waals surface area contributed by atoms with E-state index in [0.29, 0.717) is 0 Å². The van der Waals surface area contributed by atoms with Crippen molar-refractivity contribution in [2.45, 2.75) is 0 Å². The minimum atomic E-state index is 0.920. The van der Waals surface area contributed by atoms with Crippen LogP contribution in [0.15, 0.2) is 211 Å². The third-order valence-electron chi connectivity index (χ3n) is 12.7. The van der Waals surface area contributed by atoms with E-state index in [1.807, 2.05) is 12.1 Å². The first kappa shape index (κ1) is 33.8. The van der Waals surface area contributed by atoms with Gasteiger partial charge < -0.3 is 4.42 Å². The molecule has 282 valence electrons. The van der Waals surface area contributed by atoms with Crippen molar-refractivity contribution in [3.63, 3.8) is 0 Å². The fourth-order valence-corrected chi connectivity index (χ4v) is 9.59. The Morgan fingerprint density at radius 1 is 0.279 bits per heavy atom. The summed E-state index contributed by atoms with van der Waals surface area (Å²) >= 11 is 0. The van der Waals surface area contributed by atoms with Crippen LogP contribution in [0.5, 0.6) is 0 Å². The maximum atomic E-state index is 6.35. The zero-order valence-corrected chi connectivity index (χ0v) is 32.9. The van der Waals surface area contributed by atoms with Gasteiger partial charge in [-0.2, -0.15) is 0 Å². The summed E-state index contributed by atoms with van der Waals surface area (Å²) in [5.74, 6) is 0. The maximum absolute atomic E-state index is 6.35. The van der Waals surface area contributed by atoms with Crippen molar-refractivity contribution in [3.8, 4) is 44.5 Å². The third kappa shape index (κ3) is 5.45. The highest BCUT2D eigenvalue weighted by Gasteiger charge is 2.14. The Balaban J connectivity index is 0.789. The number of hydrogen-bond donors (Lipinski definition) is 0. The predicted octanol–water partition coefficient (Wildman–Crippen LogP) is 16.0. The van der Waals surface area contributed by atoms with Gasteiger partial charge in [0.15, 0.2) is 0 Å². The van der Waals surface area contributed by atoms with Gasteiger partial charge in [0.05, 0.1) is 11.0 Å². The molecule has 0 fully saturated rings. The largest absolute Gasteiger partial charge is 0.455 e. The molecular formula is C58H34N2O. The first-order valence-corrected chi connectivity index (χ1v) is 20.8. The number of benzene rings is 11. The number of hydrogen-bond acceptors (Lipinski definition) is 3. The highest BCUT2D eigenvalue weighted by molar-refractivity contribution is 6.23. The second kappa shape index (κ2) is 13.2. The van der Waals surface area contributed by atoms with Gasteiger partial charge in [0, 0.05) is 39.5 Å². The van der Waals surface area contributed by atoms with Gasteiger partial charge >= 0.3 is 0 Å². The van der Waals surface area contributed by atoms with Crippen LogP contribution < -0.4 is 0 Å². The number of nitrogens with zero attached hydrogens (tertiary/aromatic N) is 2. The summed E-state index contributed by atoms with van der Waals surface area (Å²) in [6, 6.07) is 70.7. The van der Waals surface area contributed by atoms with E-state index in [0.717, 1.165) is 54.9 Å². The highest BCUT2D eigenvalue weighted by Crippen LogP contribution is 2.39. The molecule has 0 aliphatic carbocycles. The molecule has 11 aromatic carbocycles. The van der Waals surface area contributed by atoms with Gasteiger partial charge in [0.2, 0.25) is 0 Å². The number of rotatable bonds is 4. The number of para-hydroxylation sites is 2. The van der Waals surface area contributed by atoms with E-state index < -0.39 is 0 Å². The number of aromatic nitrogens is 2. The highest BCUT2D eigenvalue weighted by atomic mass is 16.3. The SMILES string of the molecule is c1ccc2c(c1)oc1c(-c3ccc4cc(-c5ccc6cc(-c7ccc8cc(-c9ccc%10c(c9)c9ccccc9c9nccnc%109)ccc8c7)ccc6c5)ccc4c3)cccc12. The smallest absolute Gasteiger partial charge is 0.143 e. The molecule has 0 aliphatic heterocycles. The van der Waals surface area contributed by atoms with Gasteiger partial charge in [0.1, 0.15) is 11.2 Å². The van der Waals surface area contributed by atoms with Gasteiger partial charge in [-0.1, -0.05) is 146 Å². The third-order valence-corrected chi connectivity index (χ3v) is 12.7. The molecule has 0 spiro atoms. The van der Waals surface area contributed by atoms with E-state index in [4.69, 9.17) is 14.4 Å². The summed E-state index contributed by atoms with van der Waals surface area (Å²) in [4.78, 5) is 9.43. The first-order valence-electron chi connectivity index (χ1n) is 20.8. The molecule has 0 atom stereocenters. The minimum Gasteiger partial charge on any atom is -0.455 e. The molecule has 0 bridgehead atoms. The first-order chi connectivity index (χ1) is 30.2. The molecule has 0 saturated heterocycles. The van der Waals surface area contributed by atoms with Crippen LogP contribution in [0.3, 0.4) is 0 Å². The van der Waals surface area contributed by atoms with Crippen LogP contribution in [-0.2, 0) is 0 Å². The van der Waals surface area contributed by atoms with Gasteiger partial charge in [0.25, 0.3) is 0 Å². The quantitative estimate of drug-likeness (QED) is 0.167. The molecule has 0 aliphatic rings. The van der Waals surface area contributed by atoms with Crippen LogP contribution in [0.2, 0.25) is 0 Å². The molecule has 13 aromatic rings. The summed E-state index contributed by atoms with van der Waals surface area (Å²) in [7, 11) is 0. The molecule has 61 heavy (non-hydrogen) atoms. The Morgan fingerprint density at radius 2 is 0.689 bits per heavy atom. The number of furan rings is 1. The van der Waals surface area contributed by atoms with Crippen molar-refractivity contribution in [2.75, 3.05) is 0 Å². The van der Waals surface area contributed by atoms with Crippen LogP contribution in [-0.4, -0.2) is 9.97 Å². The monoisotopic (exact) mass is 774 g/mol. The van der Waals surface area contributed by atoms with E-state index in [9.17, 15) is 0 Å². The lowest BCUT2D eigenvalue weighted by atomic mass is 9.93. The Bertz CT molecular complexity index is 3920. The normalized spacial score (nSPS) is 11.9. The van der Waals surface area contributed by atoms with Crippen LogP contribution in [0, 0.1) is 0 Å². The summed E-state index contributed by atoms with van der Waals surface area (Å²) in [5.41, 5.74) is 13.2. The van der Waals surface area contributed by atoms with Gasteiger partial charge in [-0.15, -0.1) is 0 Å². The standard InChI is InChI=1S/C58H34N2O/c1-2-8-51-49(6-1)54-34-46(24-25-52(54)57-56(51)59-26-27-60-57)44-20-18-40-30-38(16-17-42(40)32-44)36-12-13-37-29-39(15-14-35(37)28-36)41-19-21-45-33-47(23-22-43(45)31-41)48-9-5-10-53-50-7-3-4-11-55(50)61-58(48)53/h1-34H. The Labute approximate surface area is 350 Å². The zero-order valence-electron chi connectivity index (χ0n) is 32.9. The maximum Gasteiger partial charge on any atom is 0.143 e. The van der Waals surface area contributed by atoms with Crippen LogP contribution in [0.1, 0.15) is 0 Å². The lowest BCUT2D eigenvalue weighted by Gasteiger charge is -2.12.